The molecule has 3 saturated heterocycles. The molecule has 1 N–H and O–H groups in total. The minimum Gasteiger partial charge on any atom is -0.494 e. The lowest BCUT2D eigenvalue weighted by Gasteiger charge is -2.38. The van der Waals surface area contributed by atoms with Crippen LogP contribution in [-0.2, 0) is 14.4 Å². The highest BCUT2D eigenvalue weighted by Crippen LogP contribution is 2.68. The van der Waals surface area contributed by atoms with Gasteiger partial charge in [0.1, 0.15) is 11.8 Å². The summed E-state index contributed by atoms with van der Waals surface area (Å²) in [5.41, 5.74) is 1.45. The quantitative estimate of drug-likeness (QED) is 0.0963. The summed E-state index contributed by atoms with van der Waals surface area (Å²) >= 11 is 5.57. The molecule has 6 rings (SSSR count). The molecule has 0 saturated carbocycles. The average Bonchev–Trinajstić information content (AvgIpc) is 3.72. The lowest BCUT2D eigenvalue weighted by Crippen LogP contribution is -2.56. The van der Waals surface area contributed by atoms with Gasteiger partial charge in [0, 0.05) is 47.7 Å². The Labute approximate surface area is 307 Å². The van der Waals surface area contributed by atoms with Gasteiger partial charge in [0.25, 0.3) is 5.91 Å². The molecule has 3 aliphatic heterocycles. The first-order chi connectivity index (χ1) is 24.3. The summed E-state index contributed by atoms with van der Waals surface area (Å²) < 4.78 is 4.85. The van der Waals surface area contributed by atoms with E-state index < -0.39 is 22.6 Å². The molecular weight excluding hydrogens is 714 g/mol. The van der Waals surface area contributed by atoms with Crippen molar-refractivity contribution in [2.75, 3.05) is 42.6 Å². The minimum absolute atomic E-state index is 0.0512. The van der Waals surface area contributed by atoms with Crippen LogP contribution in [0.15, 0.2) is 92.0 Å². The normalized spacial score (nSPS) is 25.1. The van der Waals surface area contributed by atoms with Crippen LogP contribution in [0.3, 0.4) is 0 Å². The Balaban J connectivity index is 1.38. The number of likely N-dealkylation sites (tertiary alicyclic amines) is 1. The van der Waals surface area contributed by atoms with Crippen molar-refractivity contribution in [1.29, 1.82) is 0 Å². The number of aliphatic hydroxyl groups is 1. The van der Waals surface area contributed by atoms with Crippen molar-refractivity contribution in [3.8, 4) is 5.75 Å². The van der Waals surface area contributed by atoms with Crippen LogP contribution in [0.2, 0.25) is 0 Å². The second kappa shape index (κ2) is 15.7. The lowest BCUT2D eigenvalue weighted by atomic mass is 9.70. The van der Waals surface area contributed by atoms with Crippen molar-refractivity contribution in [2.24, 2.45) is 11.8 Å². The number of benzene rings is 3. The molecule has 0 aliphatic carbocycles. The van der Waals surface area contributed by atoms with Gasteiger partial charge in [-0.15, -0.1) is 24.9 Å². The highest BCUT2D eigenvalue weighted by Gasteiger charge is 2.76. The number of nitrogens with zero attached hydrogens (tertiary/aromatic N) is 3. The second-order valence-corrected chi connectivity index (χ2v) is 16.0. The minimum atomic E-state index is -0.784. The number of hydrogen-bond acceptors (Lipinski definition) is 6. The predicted octanol–water partition coefficient (Wildman–Crippen LogP) is 6.99. The maximum absolute atomic E-state index is 15.1. The Hall–Kier alpha value is -3.60. The van der Waals surface area contributed by atoms with E-state index >= 15 is 4.79 Å². The van der Waals surface area contributed by atoms with Crippen LogP contribution < -0.4 is 14.5 Å². The first kappa shape index (κ1) is 36.2. The van der Waals surface area contributed by atoms with Crippen LogP contribution in [0, 0.1) is 11.8 Å². The molecule has 6 atom stereocenters. The summed E-state index contributed by atoms with van der Waals surface area (Å²) in [5.74, 6) is -0.968. The summed E-state index contributed by atoms with van der Waals surface area (Å²) in [4.78, 5) is 49.9. The Kier molecular flexibility index (Phi) is 11.4. The van der Waals surface area contributed by atoms with E-state index in [1.807, 2.05) is 73.7 Å². The molecule has 8 nitrogen and oxygen atoms in total. The van der Waals surface area contributed by atoms with Gasteiger partial charge in [0.2, 0.25) is 11.8 Å². The van der Waals surface area contributed by atoms with E-state index in [4.69, 9.17) is 4.74 Å². The zero-order valence-corrected chi connectivity index (χ0v) is 31.0. The summed E-state index contributed by atoms with van der Waals surface area (Å²) in [7, 11) is 0. The molecule has 2 bridgehead atoms. The smallest absolute Gasteiger partial charge is 0.251 e. The van der Waals surface area contributed by atoms with Gasteiger partial charge in [-0.3, -0.25) is 14.4 Å². The second-order valence-electron chi connectivity index (χ2n) is 13.3. The number of carbonyl (C=O) groups excluding carboxylic acids is 3. The van der Waals surface area contributed by atoms with Gasteiger partial charge in [0.15, 0.2) is 0 Å². The summed E-state index contributed by atoms with van der Waals surface area (Å²) in [6.45, 7) is 11.5. The van der Waals surface area contributed by atoms with Gasteiger partial charge in [-0.25, -0.2) is 0 Å². The topological polar surface area (TPSA) is 90.4 Å². The zero-order valence-electron chi connectivity index (χ0n) is 28.6. The van der Waals surface area contributed by atoms with E-state index in [1.165, 1.54) is 0 Å². The molecule has 0 radical (unpaired) electrons. The highest BCUT2D eigenvalue weighted by atomic mass is 79.9. The maximum Gasteiger partial charge on any atom is 0.251 e. The molecule has 3 heterocycles. The number of thioether (sulfide) groups is 1. The number of carbonyl (C=O) groups is 3. The number of amides is 3. The first-order valence-electron chi connectivity index (χ1n) is 17.6. The van der Waals surface area contributed by atoms with Crippen LogP contribution in [0.5, 0.6) is 5.75 Å². The first-order valence-corrected chi connectivity index (χ1v) is 19.4. The molecule has 3 aliphatic rings. The van der Waals surface area contributed by atoms with Crippen LogP contribution in [0.25, 0.3) is 10.8 Å². The Morgan fingerprint density at radius 3 is 2.30 bits per heavy atom. The molecule has 0 aromatic heterocycles. The van der Waals surface area contributed by atoms with Gasteiger partial charge in [-0.05, 0) is 73.4 Å². The number of alkyl halides is 1. The molecule has 1 spiro atoms. The summed E-state index contributed by atoms with van der Waals surface area (Å²) in [5, 5.41) is 11.2. The third-order valence-corrected chi connectivity index (χ3v) is 13.5. The predicted molar refractivity (Wildman–Crippen MR) is 206 cm³/mol. The van der Waals surface area contributed by atoms with E-state index in [0.717, 1.165) is 35.1 Å². The maximum atomic E-state index is 15.1. The monoisotopic (exact) mass is 759 g/mol. The third-order valence-electron chi connectivity index (χ3n) is 10.3. The summed E-state index contributed by atoms with van der Waals surface area (Å²) in [6.07, 6.45) is 7.09. The molecule has 3 amide bonds. The van der Waals surface area contributed by atoms with Crippen LogP contribution in [0.4, 0.5) is 11.4 Å². The van der Waals surface area contributed by atoms with Gasteiger partial charge in [0.05, 0.1) is 23.2 Å². The molecule has 10 heteroatoms. The van der Waals surface area contributed by atoms with Gasteiger partial charge in [-0.1, -0.05) is 71.3 Å². The largest absolute Gasteiger partial charge is 0.494 e. The van der Waals surface area contributed by atoms with E-state index in [0.29, 0.717) is 38.1 Å². The van der Waals surface area contributed by atoms with E-state index in [1.54, 1.807) is 38.6 Å². The SMILES string of the molecule is C=CCN(C(=O)C1N(CCCCCCO)C(=O)[C@@H]2[C@H](C(=O)N(CC=C)c3ccc(OCC)cc3)[C@H]3SC12CC3Br)c1ccc2ccccc2c1. The van der Waals surface area contributed by atoms with E-state index in [-0.39, 0.29) is 47.5 Å². The van der Waals surface area contributed by atoms with E-state index in [2.05, 4.69) is 29.1 Å². The van der Waals surface area contributed by atoms with Crippen molar-refractivity contribution >= 4 is 67.6 Å². The van der Waals surface area contributed by atoms with E-state index in [9.17, 15) is 14.7 Å². The number of halogens is 1. The van der Waals surface area contributed by atoms with Gasteiger partial charge in [-0.2, -0.15) is 0 Å². The fraction of sp³-hybridized carbons (Fsp3) is 0.425. The number of aliphatic hydroxyl groups excluding tert-OH is 1. The average molecular weight is 761 g/mol. The van der Waals surface area contributed by atoms with Crippen molar-refractivity contribution in [3.63, 3.8) is 0 Å². The fourth-order valence-electron chi connectivity index (χ4n) is 8.14. The fourth-order valence-corrected chi connectivity index (χ4v) is 11.7. The van der Waals surface area contributed by atoms with Crippen molar-refractivity contribution in [2.45, 2.75) is 59.9 Å². The Bertz CT molecular complexity index is 1740. The number of ether oxygens (including phenoxy) is 1. The Morgan fingerprint density at radius 2 is 1.62 bits per heavy atom. The van der Waals surface area contributed by atoms with Crippen LogP contribution in [-0.4, -0.2) is 81.4 Å². The molecule has 50 heavy (non-hydrogen) atoms. The zero-order chi connectivity index (χ0) is 35.4. The standard InChI is InChI=1S/C40H46BrN3O5S/c1-4-21-42(29-17-19-31(20-18-29)49-6-3)37(46)33-34-38(47)44(23-11-7-8-12-24-45)36(40(34)26-32(41)35(33)50-40)39(48)43(22-5-2)30-16-15-27-13-9-10-14-28(27)25-30/h4-5,9-10,13-20,25,32-36,45H,1-2,6-8,11-12,21-24,26H2,3H3/t32?,33-,34-,35-,36?,40?/m0/s1. The molecule has 3 fully saturated rings. The molecular formula is C40H46BrN3O5S. The van der Waals surface area contributed by atoms with Crippen molar-refractivity contribution in [1.82, 2.24) is 4.90 Å². The number of hydrogen-bond donors (Lipinski definition) is 1. The third kappa shape index (κ3) is 6.62. The molecule has 3 aromatic carbocycles. The van der Waals surface area contributed by atoms with Crippen molar-refractivity contribution < 1.29 is 24.2 Å². The molecule has 3 unspecified atom stereocenters. The van der Waals surface area contributed by atoms with Gasteiger partial charge >= 0.3 is 0 Å². The lowest BCUT2D eigenvalue weighted by molar-refractivity contribution is -0.139. The molecule has 264 valence electrons. The van der Waals surface area contributed by atoms with Crippen LogP contribution >= 0.6 is 27.7 Å². The number of unbranched alkanes of at least 4 members (excludes halogenated alkanes) is 3. The highest BCUT2D eigenvalue weighted by molar-refractivity contribution is 9.09. The number of rotatable bonds is 16. The Morgan fingerprint density at radius 1 is 0.960 bits per heavy atom. The molecule has 3 aromatic rings. The number of anilines is 2. The van der Waals surface area contributed by atoms with Crippen molar-refractivity contribution in [3.05, 3.63) is 92.0 Å². The van der Waals surface area contributed by atoms with Crippen LogP contribution in [0.1, 0.15) is 39.0 Å². The van der Waals surface area contributed by atoms with Gasteiger partial charge < -0.3 is 24.5 Å². The number of fused-ring (bicyclic) bond motifs is 2. The summed E-state index contributed by atoms with van der Waals surface area (Å²) in [6, 6.07) is 20.7.